The Balaban J connectivity index is 1.45. The summed E-state index contributed by atoms with van der Waals surface area (Å²) in [4.78, 5) is 14.0. The molecule has 2 saturated heterocycles. The van der Waals surface area contributed by atoms with Gasteiger partial charge in [0.1, 0.15) is 11.3 Å². The number of rotatable bonds is 6. The van der Waals surface area contributed by atoms with Crippen LogP contribution in [0.15, 0.2) is 30.3 Å². The normalized spacial score (nSPS) is 29.9. The third kappa shape index (κ3) is 4.83. The Labute approximate surface area is 210 Å². The monoisotopic (exact) mass is 503 g/mol. The van der Waals surface area contributed by atoms with E-state index in [9.17, 15) is 23.1 Å². The molecule has 2 bridgehead atoms. The summed E-state index contributed by atoms with van der Waals surface area (Å²) < 4.78 is 48.8. The maximum atomic E-state index is 14.3. The number of benzene rings is 2. The summed E-state index contributed by atoms with van der Waals surface area (Å²) in [5.41, 5.74) is 0.319. The maximum Gasteiger partial charge on any atom is 0.420 e. The van der Waals surface area contributed by atoms with Crippen molar-refractivity contribution >= 4 is 16.7 Å². The number of alkyl halides is 3. The molecule has 5 rings (SSSR count). The van der Waals surface area contributed by atoms with Crippen molar-refractivity contribution < 1.29 is 27.8 Å². The highest BCUT2D eigenvalue weighted by molar-refractivity contribution is 5.89. The van der Waals surface area contributed by atoms with E-state index in [0.29, 0.717) is 24.1 Å². The molecule has 2 unspecified atom stereocenters. The number of carboxylic acid groups (broad SMARTS) is 1. The summed E-state index contributed by atoms with van der Waals surface area (Å²) >= 11 is 0. The summed E-state index contributed by atoms with van der Waals surface area (Å²) in [6, 6.07) is 9.08. The highest BCUT2D eigenvalue weighted by Gasteiger charge is 2.45. The average Bonchev–Trinajstić information content (AvgIpc) is 3.07. The molecule has 1 aliphatic carbocycles. The maximum absolute atomic E-state index is 14.3. The summed E-state index contributed by atoms with van der Waals surface area (Å²) in [5.74, 6) is -0.486. The average molecular weight is 504 g/mol. The summed E-state index contributed by atoms with van der Waals surface area (Å²) in [6.07, 6.45) is 2.93. The van der Waals surface area contributed by atoms with Gasteiger partial charge in [-0.1, -0.05) is 32.0 Å². The molecule has 36 heavy (non-hydrogen) atoms. The molecule has 2 aromatic rings. The molecule has 3 fully saturated rings. The van der Waals surface area contributed by atoms with E-state index in [-0.39, 0.29) is 41.3 Å². The fourth-order valence-electron chi connectivity index (χ4n) is 7.00. The van der Waals surface area contributed by atoms with Crippen molar-refractivity contribution in [1.82, 2.24) is 4.90 Å². The lowest BCUT2D eigenvalue weighted by atomic mass is 9.87. The summed E-state index contributed by atoms with van der Waals surface area (Å²) in [5, 5.41) is 10.3. The Kier molecular flexibility index (Phi) is 6.96. The fourth-order valence-corrected chi connectivity index (χ4v) is 7.00. The van der Waals surface area contributed by atoms with Crippen LogP contribution in [-0.4, -0.2) is 34.2 Å². The molecule has 1 saturated carbocycles. The van der Waals surface area contributed by atoms with Gasteiger partial charge in [-0.15, -0.1) is 0 Å². The molecule has 7 heteroatoms. The second-order valence-corrected chi connectivity index (χ2v) is 11.2. The molecule has 0 radical (unpaired) electrons. The molecule has 196 valence electrons. The molecule has 1 N–H and O–H groups in total. The number of hydrogen-bond donors (Lipinski definition) is 1. The summed E-state index contributed by atoms with van der Waals surface area (Å²) in [6.45, 7) is 4.27. The Morgan fingerprint density at radius 2 is 1.72 bits per heavy atom. The zero-order chi connectivity index (χ0) is 25.6. The number of halogens is 3. The van der Waals surface area contributed by atoms with Gasteiger partial charge in [0.25, 0.3) is 0 Å². The van der Waals surface area contributed by atoms with Crippen LogP contribution in [0.2, 0.25) is 0 Å². The van der Waals surface area contributed by atoms with Gasteiger partial charge in [0.2, 0.25) is 0 Å². The van der Waals surface area contributed by atoms with Crippen LogP contribution < -0.4 is 4.74 Å². The lowest BCUT2D eigenvalue weighted by molar-refractivity contribution is -0.145. The van der Waals surface area contributed by atoms with Crippen LogP contribution in [0.5, 0.6) is 5.75 Å². The van der Waals surface area contributed by atoms with Crippen LogP contribution in [0, 0.1) is 11.8 Å². The van der Waals surface area contributed by atoms with Gasteiger partial charge in [-0.3, -0.25) is 9.69 Å². The number of aliphatic carboxylic acids is 1. The van der Waals surface area contributed by atoms with Crippen LogP contribution in [0.4, 0.5) is 13.2 Å². The van der Waals surface area contributed by atoms with Crippen molar-refractivity contribution in [3.8, 4) is 5.75 Å². The Morgan fingerprint density at radius 3 is 2.31 bits per heavy atom. The van der Waals surface area contributed by atoms with Crippen LogP contribution in [0.1, 0.15) is 88.8 Å². The van der Waals surface area contributed by atoms with Gasteiger partial charge in [-0.05, 0) is 92.2 Å². The third-order valence-corrected chi connectivity index (χ3v) is 8.82. The van der Waals surface area contributed by atoms with E-state index in [2.05, 4.69) is 18.7 Å². The van der Waals surface area contributed by atoms with E-state index in [0.717, 1.165) is 50.5 Å². The first-order valence-electron chi connectivity index (χ1n) is 13.5. The number of carbonyl (C=O) groups is 1. The van der Waals surface area contributed by atoms with E-state index >= 15 is 0 Å². The van der Waals surface area contributed by atoms with Crippen LogP contribution in [0.25, 0.3) is 10.8 Å². The van der Waals surface area contributed by atoms with Gasteiger partial charge >= 0.3 is 12.1 Å². The standard InChI is InChI=1S/C29H36F3NO3/c1-3-25(33-21-8-9-22(33)16-20(15-21)28(34)35)19-6-12-24-18(14-19)7-13-26(27(24)29(30,31)32)36-23-10-4-17(2)5-11-23/h6-7,12-14,17,20-23,25H,3-5,8-11,15-16H2,1-2H3,(H,34,35)/t17-,20?,21?,22?,23+,25-/m0/s1. The Morgan fingerprint density at radius 1 is 1.06 bits per heavy atom. The number of piperidine rings is 1. The first-order chi connectivity index (χ1) is 17.2. The number of carboxylic acids is 1. The number of hydrogen-bond acceptors (Lipinski definition) is 3. The van der Waals surface area contributed by atoms with Crippen LogP contribution in [0.3, 0.4) is 0 Å². The van der Waals surface area contributed by atoms with E-state index in [1.165, 1.54) is 6.07 Å². The van der Waals surface area contributed by atoms with Crippen molar-refractivity contribution in [2.45, 2.75) is 102 Å². The van der Waals surface area contributed by atoms with Crippen molar-refractivity contribution in [3.63, 3.8) is 0 Å². The molecule has 0 spiro atoms. The molecule has 3 atom stereocenters. The molecule has 3 aliphatic rings. The second kappa shape index (κ2) is 9.88. The Hall–Kier alpha value is -2.28. The minimum Gasteiger partial charge on any atom is -0.490 e. The molecule has 0 amide bonds. The van der Waals surface area contributed by atoms with Gasteiger partial charge in [0.15, 0.2) is 0 Å². The van der Waals surface area contributed by atoms with E-state index in [1.54, 1.807) is 12.1 Å². The molecule has 2 aliphatic heterocycles. The SMILES string of the molecule is CC[C@@H](c1ccc2c(C(F)(F)F)c(O[C@H]3CC[C@@H](C)CC3)ccc2c1)N1C2CCC1CC(C(=O)O)C2. The molecule has 2 aromatic carbocycles. The lowest BCUT2D eigenvalue weighted by Gasteiger charge is -2.42. The number of fused-ring (bicyclic) bond motifs is 3. The predicted octanol–water partition coefficient (Wildman–Crippen LogP) is 7.59. The molecule has 4 nitrogen and oxygen atoms in total. The molecule has 0 aromatic heterocycles. The van der Waals surface area contributed by atoms with Gasteiger partial charge < -0.3 is 9.84 Å². The van der Waals surface area contributed by atoms with Gasteiger partial charge in [0.05, 0.1) is 12.0 Å². The first kappa shape index (κ1) is 25.4. The first-order valence-corrected chi connectivity index (χ1v) is 13.5. The van der Waals surface area contributed by atoms with E-state index in [4.69, 9.17) is 4.74 Å². The third-order valence-electron chi connectivity index (χ3n) is 8.82. The van der Waals surface area contributed by atoms with Crippen molar-refractivity contribution in [2.75, 3.05) is 0 Å². The van der Waals surface area contributed by atoms with Gasteiger partial charge in [-0.2, -0.15) is 13.2 Å². The number of nitrogens with zero attached hydrogens (tertiary/aromatic N) is 1. The second-order valence-electron chi connectivity index (χ2n) is 11.2. The van der Waals surface area contributed by atoms with Gasteiger partial charge in [0, 0.05) is 18.1 Å². The largest absolute Gasteiger partial charge is 0.490 e. The van der Waals surface area contributed by atoms with Crippen LogP contribution in [-0.2, 0) is 11.0 Å². The Bertz CT molecular complexity index is 1090. The predicted molar refractivity (Wildman–Crippen MR) is 133 cm³/mol. The van der Waals surface area contributed by atoms with Gasteiger partial charge in [-0.25, -0.2) is 0 Å². The molecular weight excluding hydrogens is 467 g/mol. The highest BCUT2D eigenvalue weighted by Crippen LogP contribution is 2.47. The minimum atomic E-state index is -4.51. The zero-order valence-electron chi connectivity index (χ0n) is 21.1. The topological polar surface area (TPSA) is 49.8 Å². The zero-order valence-corrected chi connectivity index (χ0v) is 21.1. The smallest absolute Gasteiger partial charge is 0.420 e. The quantitative estimate of drug-likeness (QED) is 0.441. The van der Waals surface area contributed by atoms with E-state index in [1.807, 2.05) is 12.1 Å². The number of ether oxygens (including phenoxy) is 1. The van der Waals surface area contributed by atoms with Crippen molar-refractivity contribution in [2.24, 2.45) is 11.8 Å². The molecule has 2 heterocycles. The van der Waals surface area contributed by atoms with Crippen molar-refractivity contribution in [3.05, 3.63) is 41.5 Å². The molecular formula is C29H36F3NO3. The van der Waals surface area contributed by atoms with Crippen LogP contribution >= 0.6 is 0 Å². The fraction of sp³-hybridized carbons (Fsp3) is 0.621. The van der Waals surface area contributed by atoms with E-state index < -0.39 is 17.7 Å². The highest BCUT2D eigenvalue weighted by atomic mass is 19.4. The van der Waals surface area contributed by atoms with Crippen molar-refractivity contribution in [1.29, 1.82) is 0 Å². The lowest BCUT2D eigenvalue weighted by Crippen LogP contribution is -2.46. The minimum absolute atomic E-state index is 0.0659. The summed E-state index contributed by atoms with van der Waals surface area (Å²) in [7, 11) is 0.